The van der Waals surface area contributed by atoms with Crippen LogP contribution in [0, 0.1) is 16.6 Å². The van der Waals surface area contributed by atoms with Crippen molar-refractivity contribution in [1.29, 1.82) is 0 Å². The summed E-state index contributed by atoms with van der Waals surface area (Å²) in [7, 11) is 0. The Kier molecular flexibility index (Phi) is 5.02. The van der Waals surface area contributed by atoms with Crippen LogP contribution in [0.1, 0.15) is 49.0 Å². The lowest BCUT2D eigenvalue weighted by Crippen LogP contribution is -2.41. The Morgan fingerprint density at radius 1 is 1.31 bits per heavy atom. The van der Waals surface area contributed by atoms with Gasteiger partial charge in [-0.1, -0.05) is 0 Å². The van der Waals surface area contributed by atoms with Gasteiger partial charge in [0.2, 0.25) is 5.43 Å². The fourth-order valence-electron chi connectivity index (χ4n) is 5.23. The van der Waals surface area contributed by atoms with E-state index in [9.17, 15) is 19.6 Å². The zero-order chi connectivity index (χ0) is 22.6. The van der Waals surface area contributed by atoms with E-state index in [1.807, 2.05) is 4.90 Å². The molecule has 1 N–H and O–H groups in total. The predicted molar refractivity (Wildman–Crippen MR) is 116 cm³/mol. The van der Waals surface area contributed by atoms with Crippen LogP contribution in [-0.2, 0) is 0 Å². The summed E-state index contributed by atoms with van der Waals surface area (Å²) >= 11 is 0. The smallest absolute Gasteiger partial charge is 0.341 e. The van der Waals surface area contributed by atoms with Crippen molar-refractivity contribution in [1.82, 2.24) is 9.58 Å². The lowest BCUT2D eigenvalue weighted by Gasteiger charge is -2.31. The van der Waals surface area contributed by atoms with Crippen LogP contribution in [0.3, 0.4) is 0 Å². The number of rotatable bonds is 6. The Balaban J connectivity index is 1.70. The van der Waals surface area contributed by atoms with Gasteiger partial charge >= 0.3 is 5.97 Å². The van der Waals surface area contributed by atoms with Crippen molar-refractivity contribution in [2.75, 3.05) is 31.1 Å². The van der Waals surface area contributed by atoms with E-state index in [0.29, 0.717) is 19.6 Å². The molecular weight excluding hydrogens is 419 g/mol. The zero-order valence-electron chi connectivity index (χ0n) is 17.8. The van der Waals surface area contributed by atoms with E-state index in [1.54, 1.807) is 16.5 Å². The number of hydrogen-bond acceptors (Lipinski definition) is 6. The topological polar surface area (TPSA) is 104 Å². The number of benzene rings is 1. The normalized spacial score (nSPS) is 22.8. The Morgan fingerprint density at radius 2 is 2.09 bits per heavy atom. The van der Waals surface area contributed by atoms with E-state index < -0.39 is 17.2 Å². The number of nitrogens with zero attached hydrogens (tertiary/aromatic N) is 4. The third-order valence-corrected chi connectivity index (χ3v) is 6.84. The summed E-state index contributed by atoms with van der Waals surface area (Å²) in [5, 5.41) is 14.2. The number of aromatic nitrogens is 1. The molecule has 5 rings (SSSR count). The standard InChI is InChI=1S/C22H25FN4O5/c1-2-32-17-8-14-19(26(13-5-6-13)10-15(21(14)28)22(29)30)18(23)20(17)25-9-12-4-3-7-27(24-31)16(12)11-25/h8,10,12-13,16H,2-7,9,11H2,1H3,(H,29,30)/t12-,16+/m0/s1. The zero-order valence-corrected chi connectivity index (χ0v) is 17.8. The third-order valence-electron chi connectivity index (χ3n) is 6.84. The molecule has 2 saturated heterocycles. The molecule has 1 aromatic carbocycles. The van der Waals surface area contributed by atoms with Gasteiger partial charge in [0.25, 0.3) is 0 Å². The molecule has 0 amide bonds. The minimum atomic E-state index is -1.33. The molecule has 0 bridgehead atoms. The number of hydrogen-bond donors (Lipinski definition) is 1. The second-order valence-electron chi connectivity index (χ2n) is 8.80. The fraction of sp³-hybridized carbons (Fsp3) is 0.545. The number of aromatic carboxylic acids is 1. The SMILES string of the molecule is CCOc1cc2c(=O)c(C(=O)O)cn(C3CC3)c2c(F)c1N1C[C@@H]2CCCN(N=O)[C@@H]2C1. The molecule has 0 spiro atoms. The first kappa shape index (κ1) is 20.7. The molecule has 170 valence electrons. The van der Waals surface area contributed by atoms with Crippen molar-refractivity contribution >= 4 is 22.6 Å². The molecule has 9 nitrogen and oxygen atoms in total. The number of piperidine rings is 1. The lowest BCUT2D eigenvalue weighted by molar-refractivity contribution is 0.0694. The molecular formula is C22H25FN4O5. The second-order valence-corrected chi connectivity index (χ2v) is 8.80. The average molecular weight is 444 g/mol. The number of fused-ring (bicyclic) bond motifs is 2. The molecule has 10 heteroatoms. The number of carboxylic acid groups (broad SMARTS) is 1. The summed E-state index contributed by atoms with van der Waals surface area (Å²) in [6.07, 6.45) is 4.65. The monoisotopic (exact) mass is 444 g/mol. The minimum absolute atomic E-state index is 0.00861. The van der Waals surface area contributed by atoms with Gasteiger partial charge in [-0.3, -0.25) is 9.80 Å². The predicted octanol–water partition coefficient (Wildman–Crippen LogP) is 3.15. The maximum Gasteiger partial charge on any atom is 0.341 e. The number of nitroso groups, excluding NO2 is 1. The first-order valence-corrected chi connectivity index (χ1v) is 11.1. The van der Waals surface area contributed by atoms with E-state index in [0.717, 1.165) is 25.7 Å². The van der Waals surface area contributed by atoms with Gasteiger partial charge < -0.3 is 19.3 Å². The molecule has 1 saturated carbocycles. The highest BCUT2D eigenvalue weighted by Gasteiger charge is 2.42. The first-order valence-electron chi connectivity index (χ1n) is 11.1. The van der Waals surface area contributed by atoms with Crippen molar-refractivity contribution in [3.63, 3.8) is 0 Å². The Bertz CT molecular complexity index is 1160. The summed E-state index contributed by atoms with van der Waals surface area (Å²) in [6, 6.07) is 1.35. The van der Waals surface area contributed by atoms with E-state index in [-0.39, 0.29) is 52.5 Å². The highest BCUT2D eigenvalue weighted by Crippen LogP contribution is 2.44. The van der Waals surface area contributed by atoms with Gasteiger partial charge in [0.1, 0.15) is 17.0 Å². The summed E-state index contributed by atoms with van der Waals surface area (Å²) in [5.41, 5.74) is -0.723. The summed E-state index contributed by atoms with van der Waals surface area (Å²) in [6.45, 7) is 3.61. The molecule has 3 fully saturated rings. The fourth-order valence-corrected chi connectivity index (χ4v) is 5.23. The van der Waals surface area contributed by atoms with Gasteiger partial charge in [-0.2, -0.15) is 0 Å². The average Bonchev–Trinajstić information content (AvgIpc) is 3.52. The maximum absolute atomic E-state index is 16.2. The van der Waals surface area contributed by atoms with E-state index in [1.165, 1.54) is 12.3 Å². The van der Waals surface area contributed by atoms with Crippen molar-refractivity contribution < 1.29 is 19.0 Å². The molecule has 1 aromatic heterocycles. The summed E-state index contributed by atoms with van der Waals surface area (Å²) in [4.78, 5) is 37.7. The van der Waals surface area contributed by atoms with E-state index in [4.69, 9.17) is 4.74 Å². The van der Waals surface area contributed by atoms with Gasteiger partial charge in [-0.05, 0) is 38.7 Å². The second kappa shape index (κ2) is 7.75. The Labute approximate surface area is 183 Å². The van der Waals surface area contributed by atoms with Gasteiger partial charge in [0.05, 0.1) is 28.8 Å². The summed E-state index contributed by atoms with van der Waals surface area (Å²) < 4.78 is 23.5. The molecule has 2 aliphatic heterocycles. The van der Waals surface area contributed by atoms with Gasteiger partial charge in [-0.15, -0.1) is 4.91 Å². The van der Waals surface area contributed by atoms with Crippen LogP contribution in [0.15, 0.2) is 22.3 Å². The molecule has 2 aromatic rings. The Morgan fingerprint density at radius 3 is 2.75 bits per heavy atom. The van der Waals surface area contributed by atoms with Crippen molar-refractivity contribution in [2.45, 2.75) is 44.7 Å². The van der Waals surface area contributed by atoms with E-state index >= 15 is 4.39 Å². The van der Waals surface area contributed by atoms with Crippen molar-refractivity contribution in [3.05, 3.63) is 38.8 Å². The van der Waals surface area contributed by atoms with Gasteiger partial charge in [-0.25, -0.2) is 9.18 Å². The minimum Gasteiger partial charge on any atom is -0.492 e. The number of halogens is 1. The molecule has 3 aliphatic rings. The highest BCUT2D eigenvalue weighted by atomic mass is 19.1. The molecule has 2 atom stereocenters. The largest absolute Gasteiger partial charge is 0.492 e. The Hall–Kier alpha value is -3.17. The first-order chi connectivity index (χ1) is 15.4. The van der Waals surface area contributed by atoms with Crippen LogP contribution >= 0.6 is 0 Å². The van der Waals surface area contributed by atoms with E-state index in [2.05, 4.69) is 5.29 Å². The summed E-state index contributed by atoms with van der Waals surface area (Å²) in [5.74, 6) is -1.52. The van der Waals surface area contributed by atoms with Crippen molar-refractivity contribution in [3.8, 4) is 5.75 Å². The van der Waals surface area contributed by atoms with Crippen LogP contribution < -0.4 is 15.1 Å². The molecule has 1 aliphatic carbocycles. The third kappa shape index (κ3) is 3.20. The molecule has 32 heavy (non-hydrogen) atoms. The molecule has 3 heterocycles. The number of carbonyl (C=O) groups is 1. The van der Waals surface area contributed by atoms with Crippen LogP contribution in [0.2, 0.25) is 0 Å². The van der Waals surface area contributed by atoms with Crippen LogP contribution in [-0.4, -0.2) is 52.9 Å². The number of carboxylic acids is 1. The van der Waals surface area contributed by atoms with Crippen molar-refractivity contribution in [2.24, 2.45) is 11.2 Å². The van der Waals surface area contributed by atoms with Gasteiger partial charge in [0, 0.05) is 37.8 Å². The molecule has 0 radical (unpaired) electrons. The number of ether oxygens (including phenoxy) is 1. The van der Waals surface area contributed by atoms with Crippen LogP contribution in [0.5, 0.6) is 5.75 Å². The number of anilines is 1. The van der Waals surface area contributed by atoms with Crippen LogP contribution in [0.25, 0.3) is 10.9 Å². The quantitative estimate of drug-likeness (QED) is 0.683. The highest BCUT2D eigenvalue weighted by molar-refractivity contribution is 5.95. The molecule has 0 unspecified atom stereocenters. The number of pyridine rings is 1. The maximum atomic E-state index is 16.2. The van der Waals surface area contributed by atoms with Gasteiger partial charge in [0.15, 0.2) is 5.82 Å². The van der Waals surface area contributed by atoms with Crippen LogP contribution in [0.4, 0.5) is 10.1 Å². The lowest BCUT2D eigenvalue weighted by atomic mass is 9.93.